The van der Waals surface area contributed by atoms with Crippen LogP contribution in [0.15, 0.2) is 78.6 Å². The van der Waals surface area contributed by atoms with Crippen molar-refractivity contribution in [2.45, 2.75) is 101 Å². The molecule has 249 valence electrons. The Morgan fingerprint density at radius 3 is 1.96 bits per heavy atom. The van der Waals surface area contributed by atoms with Gasteiger partial charge in [-0.05, 0) is 54.0 Å². The van der Waals surface area contributed by atoms with Gasteiger partial charge < -0.3 is 5.11 Å². The molecular formula is C41H54IrNO2Si-. The molecule has 0 fully saturated rings. The number of aliphatic hydroxyl groups excluding tert-OH is 1. The zero-order chi connectivity index (χ0) is 33.6. The van der Waals surface area contributed by atoms with E-state index < -0.39 is 8.07 Å². The average molecular weight is 813 g/mol. The monoisotopic (exact) mass is 813 g/mol. The molecule has 0 aliphatic heterocycles. The van der Waals surface area contributed by atoms with E-state index in [2.05, 4.69) is 106 Å². The number of carbonyl (C=O) groups is 1. The summed E-state index contributed by atoms with van der Waals surface area (Å²) >= 11 is 0. The maximum absolute atomic E-state index is 12.2. The van der Waals surface area contributed by atoms with Gasteiger partial charge in [0, 0.05) is 37.0 Å². The molecule has 1 N–H and O–H groups in total. The maximum atomic E-state index is 12.2. The number of ketones is 1. The molecule has 0 saturated carbocycles. The molecule has 46 heavy (non-hydrogen) atoms. The molecule has 0 bridgehead atoms. The predicted molar refractivity (Wildman–Crippen MR) is 197 cm³/mol. The minimum Gasteiger partial charge on any atom is -0.512 e. The van der Waals surface area contributed by atoms with Crippen LogP contribution in [0.2, 0.25) is 19.6 Å². The zero-order valence-electron chi connectivity index (χ0n) is 29.9. The number of benzene rings is 3. The number of aliphatic hydroxyl groups is 1. The molecule has 0 aliphatic rings. The third-order valence-corrected chi connectivity index (χ3v) is 11.8. The Hall–Kier alpha value is -2.85. The largest absolute Gasteiger partial charge is 0.512 e. The standard InChI is InChI=1S/C26H26NSi.C15H28O2.Ir/c1-18-13-19(2)15-22(14-18)26-24(20-9-7-6-8-10-20)17-21-16-23(28(3,4)5)11-12-25(21)27-26;1-7-14(5,8-2)12(16)11-13(17)15(6,9-3)10-4;/h6-14,16-17H,1-5H3;11,16H,7-10H2,1-6H3;/q-1;;/b;12-11-;. The van der Waals surface area contributed by atoms with Gasteiger partial charge in [0.15, 0.2) is 5.78 Å². The van der Waals surface area contributed by atoms with Crippen molar-refractivity contribution < 1.29 is 30.0 Å². The first-order valence-electron chi connectivity index (χ1n) is 16.6. The van der Waals surface area contributed by atoms with Gasteiger partial charge in [0.05, 0.1) is 13.6 Å². The van der Waals surface area contributed by atoms with E-state index in [1.165, 1.54) is 33.3 Å². The quantitative estimate of drug-likeness (QED) is 0.0751. The van der Waals surface area contributed by atoms with Crippen molar-refractivity contribution >= 4 is 29.9 Å². The Balaban J connectivity index is 0.000000356. The van der Waals surface area contributed by atoms with Crippen LogP contribution < -0.4 is 5.19 Å². The Labute approximate surface area is 293 Å². The third-order valence-electron chi connectivity index (χ3n) is 9.77. The summed E-state index contributed by atoms with van der Waals surface area (Å²) in [5.41, 5.74) is 7.25. The van der Waals surface area contributed by atoms with Crippen molar-refractivity contribution in [2.24, 2.45) is 10.8 Å². The number of aryl methyl sites for hydroxylation is 2. The first kappa shape index (κ1) is 39.3. The van der Waals surface area contributed by atoms with Gasteiger partial charge in [-0.25, -0.2) is 0 Å². The van der Waals surface area contributed by atoms with Gasteiger partial charge in [0.2, 0.25) is 0 Å². The second-order valence-electron chi connectivity index (χ2n) is 14.1. The molecule has 5 heteroatoms. The van der Waals surface area contributed by atoms with Crippen LogP contribution in [0.5, 0.6) is 0 Å². The van der Waals surface area contributed by atoms with E-state index in [9.17, 15) is 9.90 Å². The molecule has 0 aliphatic carbocycles. The molecule has 0 atom stereocenters. The van der Waals surface area contributed by atoms with Crippen LogP contribution in [0.25, 0.3) is 33.3 Å². The second kappa shape index (κ2) is 16.3. The average Bonchev–Trinajstić information content (AvgIpc) is 3.02. The van der Waals surface area contributed by atoms with E-state index in [-0.39, 0.29) is 42.5 Å². The Morgan fingerprint density at radius 2 is 1.43 bits per heavy atom. The fraction of sp³-hybridized carbons (Fsp3) is 0.415. The number of pyridine rings is 1. The van der Waals surface area contributed by atoms with Gasteiger partial charge in [0.25, 0.3) is 0 Å². The number of fused-ring (bicyclic) bond motifs is 1. The number of carbonyl (C=O) groups excluding carboxylic acids is 1. The molecule has 3 aromatic carbocycles. The molecule has 1 aromatic heterocycles. The summed E-state index contributed by atoms with van der Waals surface area (Å²) in [7, 11) is -1.37. The van der Waals surface area contributed by atoms with Gasteiger partial charge in [-0.15, -0.1) is 34.9 Å². The van der Waals surface area contributed by atoms with Crippen molar-refractivity contribution in [3.8, 4) is 22.4 Å². The smallest absolute Gasteiger partial charge is 0.164 e. The van der Waals surface area contributed by atoms with Crippen LogP contribution in [0, 0.1) is 30.7 Å². The summed E-state index contributed by atoms with van der Waals surface area (Å²) in [6, 6.07) is 27.5. The van der Waals surface area contributed by atoms with Crippen LogP contribution >= 0.6 is 0 Å². The van der Waals surface area contributed by atoms with Crippen molar-refractivity contribution in [3.05, 3.63) is 95.8 Å². The van der Waals surface area contributed by atoms with Crippen molar-refractivity contribution in [2.75, 3.05) is 0 Å². The van der Waals surface area contributed by atoms with Crippen LogP contribution in [0.1, 0.15) is 78.4 Å². The van der Waals surface area contributed by atoms with Crippen molar-refractivity contribution in [3.63, 3.8) is 0 Å². The van der Waals surface area contributed by atoms with Crippen LogP contribution in [0.4, 0.5) is 0 Å². The normalized spacial score (nSPS) is 12.3. The van der Waals surface area contributed by atoms with Gasteiger partial charge in [-0.1, -0.05) is 129 Å². The Bertz CT molecular complexity index is 1620. The summed E-state index contributed by atoms with van der Waals surface area (Å²) in [4.78, 5) is 17.3. The SMILES string of the molecule is CCC(C)(CC)C(=O)/C=C(\O)C(C)(CC)CC.Cc1[c-]c(-c2nc3ccc([Si](C)(C)C)cc3cc2-c2ccccc2)cc(C)c1.[Ir]. The molecule has 1 radical (unpaired) electrons. The molecule has 0 spiro atoms. The Kier molecular flexibility index (Phi) is 13.9. The van der Waals surface area contributed by atoms with E-state index in [4.69, 9.17) is 4.98 Å². The van der Waals surface area contributed by atoms with E-state index in [0.717, 1.165) is 48.0 Å². The van der Waals surface area contributed by atoms with E-state index in [1.54, 1.807) is 0 Å². The molecule has 1 heterocycles. The van der Waals surface area contributed by atoms with E-state index >= 15 is 0 Å². The molecule has 0 unspecified atom stereocenters. The Morgan fingerprint density at radius 1 is 0.848 bits per heavy atom. The van der Waals surface area contributed by atoms with Crippen LogP contribution in [-0.2, 0) is 24.9 Å². The first-order chi connectivity index (χ1) is 21.1. The summed E-state index contributed by atoms with van der Waals surface area (Å²) in [5.74, 6) is 0.286. The molecule has 3 nitrogen and oxygen atoms in total. The van der Waals surface area contributed by atoms with E-state index in [1.807, 2.05) is 41.5 Å². The minimum absolute atomic E-state index is 0. The fourth-order valence-electron chi connectivity index (χ4n) is 5.39. The number of allylic oxidation sites excluding steroid dienone is 2. The number of nitrogens with zero attached hydrogens (tertiary/aromatic N) is 1. The molecule has 0 amide bonds. The molecule has 4 aromatic rings. The molecular weight excluding hydrogens is 759 g/mol. The zero-order valence-corrected chi connectivity index (χ0v) is 33.3. The van der Waals surface area contributed by atoms with Gasteiger partial charge >= 0.3 is 0 Å². The maximum Gasteiger partial charge on any atom is 0.164 e. The van der Waals surface area contributed by atoms with Crippen molar-refractivity contribution in [1.82, 2.24) is 4.98 Å². The molecule has 0 saturated heterocycles. The topological polar surface area (TPSA) is 50.2 Å². The van der Waals surface area contributed by atoms with Crippen LogP contribution in [0.3, 0.4) is 0 Å². The third kappa shape index (κ3) is 9.37. The summed E-state index contributed by atoms with van der Waals surface area (Å²) in [6.07, 6.45) is 4.75. The summed E-state index contributed by atoms with van der Waals surface area (Å²) in [6.45, 7) is 23.5. The van der Waals surface area contributed by atoms with Crippen molar-refractivity contribution in [1.29, 1.82) is 0 Å². The number of hydrogen-bond donors (Lipinski definition) is 1. The number of hydrogen-bond acceptors (Lipinski definition) is 3. The van der Waals surface area contributed by atoms with Crippen LogP contribution in [-0.4, -0.2) is 23.9 Å². The molecule has 4 rings (SSSR count). The van der Waals surface area contributed by atoms with Gasteiger partial charge in [-0.3, -0.25) is 9.78 Å². The number of rotatable bonds is 10. The van der Waals surface area contributed by atoms with E-state index in [0.29, 0.717) is 0 Å². The number of aromatic nitrogens is 1. The van der Waals surface area contributed by atoms with Gasteiger partial charge in [-0.2, -0.15) is 0 Å². The summed E-state index contributed by atoms with van der Waals surface area (Å²) < 4.78 is 0. The van der Waals surface area contributed by atoms with Gasteiger partial charge in [0.1, 0.15) is 5.76 Å². The summed E-state index contributed by atoms with van der Waals surface area (Å²) in [5, 5.41) is 12.8. The predicted octanol–water partition coefficient (Wildman–Crippen LogP) is 11.2. The minimum atomic E-state index is -1.37. The second-order valence-corrected chi connectivity index (χ2v) is 19.2. The fourth-order valence-corrected chi connectivity index (χ4v) is 6.56. The first-order valence-corrected chi connectivity index (χ1v) is 20.1.